The number of carbonyl (C=O) groups is 1. The zero-order valence-electron chi connectivity index (χ0n) is 11.0. The van der Waals surface area contributed by atoms with E-state index >= 15 is 0 Å². The fraction of sp³-hybridized carbons (Fsp3) is 0.917. The van der Waals surface area contributed by atoms with E-state index < -0.39 is 0 Å². The summed E-state index contributed by atoms with van der Waals surface area (Å²) in [5.41, 5.74) is -0.193. The van der Waals surface area contributed by atoms with Gasteiger partial charge in [0.1, 0.15) is 5.78 Å². The van der Waals surface area contributed by atoms with Crippen LogP contribution in [0.4, 0.5) is 0 Å². The number of rotatable bonds is 4. The van der Waals surface area contributed by atoms with Gasteiger partial charge in [-0.15, -0.1) is 0 Å². The maximum atomic E-state index is 11.8. The van der Waals surface area contributed by atoms with E-state index in [0.717, 1.165) is 0 Å². The molecule has 0 rings (SSSR count). The Morgan fingerprint density at radius 3 is 1.93 bits per heavy atom. The molecule has 15 heavy (non-hydrogen) atoms. The van der Waals surface area contributed by atoms with Crippen LogP contribution in [0.1, 0.15) is 54.9 Å². The molecule has 0 heterocycles. The topological polar surface area (TPSA) is 17.1 Å². The summed E-state index contributed by atoms with van der Waals surface area (Å²) in [5.74, 6) is 0.358. The van der Waals surface area contributed by atoms with Gasteiger partial charge in [-0.05, 0) is 0 Å². The predicted octanol–water partition coefficient (Wildman–Crippen LogP) is 4.56. The first-order valence-electron chi connectivity index (χ1n) is 5.40. The molecule has 0 saturated heterocycles. The lowest BCUT2D eigenvalue weighted by atomic mass is 9.88. The molecule has 0 N–H and O–H groups in total. The zero-order valence-corrected chi connectivity index (χ0v) is 12.6. The van der Waals surface area contributed by atoms with E-state index in [1.807, 2.05) is 42.4 Å². The van der Waals surface area contributed by atoms with Crippen molar-refractivity contribution in [2.75, 3.05) is 0 Å². The number of Topliss-reactive ketones (excluding diaryl/α,β-unsaturated/α-hetero) is 1. The number of carbonyl (C=O) groups excluding carboxylic acids is 1. The highest BCUT2D eigenvalue weighted by atomic mass is 33.1. The first-order valence-corrected chi connectivity index (χ1v) is 7.61. The summed E-state index contributed by atoms with van der Waals surface area (Å²) < 4.78 is 0.268. The van der Waals surface area contributed by atoms with Crippen molar-refractivity contribution in [3.05, 3.63) is 0 Å². The average Bonchev–Trinajstić information content (AvgIpc) is 1.97. The summed E-state index contributed by atoms with van der Waals surface area (Å²) in [4.78, 5) is 11.8. The van der Waals surface area contributed by atoms with Gasteiger partial charge in [0.05, 0.1) is 0 Å². The lowest BCUT2D eigenvalue weighted by Gasteiger charge is -2.22. The highest BCUT2D eigenvalue weighted by Gasteiger charge is 2.24. The minimum Gasteiger partial charge on any atom is -0.299 e. The van der Waals surface area contributed by atoms with Crippen LogP contribution in [0, 0.1) is 5.41 Å². The van der Waals surface area contributed by atoms with E-state index in [1.165, 1.54) is 0 Å². The molecular formula is C12H24OS2. The van der Waals surface area contributed by atoms with Crippen LogP contribution in [0.25, 0.3) is 0 Å². The summed E-state index contributed by atoms with van der Waals surface area (Å²) in [7, 11) is 3.68. The maximum Gasteiger partial charge on any atom is 0.139 e. The van der Waals surface area contributed by atoms with Gasteiger partial charge in [0, 0.05) is 21.8 Å². The molecule has 0 spiro atoms. The molecule has 90 valence electrons. The van der Waals surface area contributed by atoms with Gasteiger partial charge in [0.2, 0.25) is 0 Å². The van der Waals surface area contributed by atoms with Crippen LogP contribution in [0.5, 0.6) is 0 Å². The minimum absolute atomic E-state index is 0.193. The standard InChI is InChI=1S/C12H24OS2/c1-9(14-15-12(5,6)7)8-10(13)11(2,3)4/h9H,8H2,1-7H3. The predicted molar refractivity (Wildman–Crippen MR) is 73.5 cm³/mol. The molecule has 0 bridgehead atoms. The molecule has 0 amide bonds. The van der Waals surface area contributed by atoms with Crippen molar-refractivity contribution in [2.45, 2.75) is 64.9 Å². The first kappa shape index (κ1) is 15.4. The van der Waals surface area contributed by atoms with Gasteiger partial charge in [-0.25, -0.2) is 0 Å². The van der Waals surface area contributed by atoms with Gasteiger partial charge < -0.3 is 0 Å². The van der Waals surface area contributed by atoms with Crippen molar-refractivity contribution < 1.29 is 4.79 Å². The van der Waals surface area contributed by atoms with Crippen LogP contribution in [-0.4, -0.2) is 15.8 Å². The normalized spacial score (nSPS) is 15.1. The molecule has 0 aliphatic heterocycles. The van der Waals surface area contributed by atoms with E-state index in [4.69, 9.17) is 0 Å². The van der Waals surface area contributed by atoms with E-state index in [2.05, 4.69) is 27.7 Å². The molecule has 1 nitrogen and oxygen atoms in total. The van der Waals surface area contributed by atoms with Crippen molar-refractivity contribution in [2.24, 2.45) is 5.41 Å². The number of hydrogen-bond acceptors (Lipinski definition) is 3. The van der Waals surface area contributed by atoms with E-state index in [0.29, 0.717) is 17.5 Å². The smallest absolute Gasteiger partial charge is 0.139 e. The van der Waals surface area contributed by atoms with E-state index in [1.54, 1.807) is 0 Å². The number of ketones is 1. The molecule has 1 atom stereocenters. The third-order valence-electron chi connectivity index (χ3n) is 1.77. The van der Waals surface area contributed by atoms with Gasteiger partial charge >= 0.3 is 0 Å². The molecular weight excluding hydrogens is 224 g/mol. The third kappa shape index (κ3) is 8.21. The molecule has 0 aliphatic carbocycles. The summed E-state index contributed by atoms with van der Waals surface area (Å²) in [6, 6.07) is 0. The van der Waals surface area contributed by atoms with Crippen LogP contribution in [-0.2, 0) is 4.79 Å². The lowest BCUT2D eigenvalue weighted by Crippen LogP contribution is -2.22. The van der Waals surface area contributed by atoms with Crippen molar-refractivity contribution >= 4 is 27.4 Å². The monoisotopic (exact) mass is 248 g/mol. The van der Waals surface area contributed by atoms with Crippen molar-refractivity contribution in [3.8, 4) is 0 Å². The average molecular weight is 248 g/mol. The Morgan fingerprint density at radius 2 is 1.60 bits per heavy atom. The lowest BCUT2D eigenvalue weighted by molar-refractivity contribution is -0.126. The summed E-state index contributed by atoms with van der Waals surface area (Å²) >= 11 is 0. The molecule has 0 aromatic carbocycles. The van der Waals surface area contributed by atoms with Crippen LogP contribution in [0.2, 0.25) is 0 Å². The molecule has 0 saturated carbocycles. The Labute approximate surface area is 103 Å². The zero-order chi connectivity index (χ0) is 12.3. The fourth-order valence-electron chi connectivity index (χ4n) is 0.828. The molecule has 0 aliphatic rings. The van der Waals surface area contributed by atoms with Gasteiger partial charge in [-0.3, -0.25) is 4.79 Å². The molecule has 3 heteroatoms. The van der Waals surface area contributed by atoms with Gasteiger partial charge in [-0.1, -0.05) is 70.1 Å². The second-order valence-corrected chi connectivity index (χ2v) is 9.45. The molecule has 0 fully saturated rings. The summed E-state index contributed by atoms with van der Waals surface area (Å²) in [6.45, 7) is 14.7. The Balaban J connectivity index is 3.95. The minimum atomic E-state index is -0.193. The van der Waals surface area contributed by atoms with Gasteiger partial charge in [-0.2, -0.15) is 0 Å². The Kier molecular flexibility index (Phi) is 5.76. The second kappa shape index (κ2) is 5.62. The number of hydrogen-bond donors (Lipinski definition) is 0. The molecule has 0 aromatic rings. The Morgan fingerprint density at radius 1 is 1.13 bits per heavy atom. The molecule has 0 aromatic heterocycles. The molecule has 1 unspecified atom stereocenters. The SMILES string of the molecule is CC(CC(=O)C(C)(C)C)SSC(C)(C)C. The molecule has 0 radical (unpaired) electrons. The van der Waals surface area contributed by atoms with Crippen LogP contribution >= 0.6 is 21.6 Å². The van der Waals surface area contributed by atoms with Gasteiger partial charge in [0.15, 0.2) is 0 Å². The maximum absolute atomic E-state index is 11.8. The Bertz CT molecular complexity index is 211. The van der Waals surface area contributed by atoms with Crippen LogP contribution in [0.3, 0.4) is 0 Å². The second-order valence-electron chi connectivity index (χ2n) is 5.98. The largest absolute Gasteiger partial charge is 0.299 e. The van der Waals surface area contributed by atoms with Crippen molar-refractivity contribution in [1.29, 1.82) is 0 Å². The van der Waals surface area contributed by atoms with Crippen LogP contribution < -0.4 is 0 Å². The Hall–Kier alpha value is 0.370. The van der Waals surface area contributed by atoms with E-state index in [-0.39, 0.29) is 10.2 Å². The summed E-state index contributed by atoms with van der Waals surface area (Å²) in [5, 5.41) is 0.404. The highest BCUT2D eigenvalue weighted by Crippen LogP contribution is 2.39. The van der Waals surface area contributed by atoms with Crippen molar-refractivity contribution in [1.82, 2.24) is 0 Å². The van der Waals surface area contributed by atoms with Gasteiger partial charge in [0.25, 0.3) is 0 Å². The quantitative estimate of drug-likeness (QED) is 0.679. The van der Waals surface area contributed by atoms with Crippen LogP contribution in [0.15, 0.2) is 0 Å². The van der Waals surface area contributed by atoms with Crippen molar-refractivity contribution in [3.63, 3.8) is 0 Å². The van der Waals surface area contributed by atoms with E-state index in [9.17, 15) is 4.79 Å². The first-order chi connectivity index (χ1) is 6.52. The highest BCUT2D eigenvalue weighted by molar-refractivity contribution is 8.77. The summed E-state index contributed by atoms with van der Waals surface area (Å²) in [6.07, 6.45) is 0.678. The third-order valence-corrected chi connectivity index (χ3v) is 5.64. The fourth-order valence-corrected chi connectivity index (χ4v) is 3.06.